The molecule has 7 heteroatoms. The van der Waals surface area contributed by atoms with Crippen molar-refractivity contribution in [3.63, 3.8) is 0 Å². The van der Waals surface area contributed by atoms with E-state index in [1.54, 1.807) is 25.7 Å². The minimum atomic E-state index is -0.996. The fourth-order valence-electron chi connectivity index (χ4n) is 5.62. The molecular formula is C39H47N3O4. The summed E-state index contributed by atoms with van der Waals surface area (Å²) in [6, 6.07) is 27.2. The maximum Gasteiger partial charge on any atom is 0.408 e. The van der Waals surface area contributed by atoms with Gasteiger partial charge in [0.1, 0.15) is 17.7 Å². The van der Waals surface area contributed by atoms with Crippen molar-refractivity contribution in [1.29, 1.82) is 0 Å². The fourth-order valence-corrected chi connectivity index (χ4v) is 5.62. The molecule has 242 valence electrons. The molecule has 3 amide bonds. The van der Waals surface area contributed by atoms with Crippen LogP contribution in [0.4, 0.5) is 10.5 Å². The van der Waals surface area contributed by atoms with Crippen molar-refractivity contribution >= 4 is 34.4 Å². The summed E-state index contributed by atoms with van der Waals surface area (Å²) in [6.07, 6.45) is 0.0920. The zero-order chi connectivity index (χ0) is 33.6. The van der Waals surface area contributed by atoms with Crippen LogP contribution in [0.15, 0.2) is 91.0 Å². The quantitative estimate of drug-likeness (QED) is 0.187. The number of alkyl carbamates (subject to hydrolysis) is 1. The molecule has 2 atom stereocenters. The van der Waals surface area contributed by atoms with Crippen molar-refractivity contribution < 1.29 is 19.1 Å². The Labute approximate surface area is 273 Å². The summed E-state index contributed by atoms with van der Waals surface area (Å²) in [7, 11) is 0. The molecule has 0 fully saturated rings. The number of ether oxygens (including phenoxy) is 1. The van der Waals surface area contributed by atoms with Gasteiger partial charge >= 0.3 is 6.09 Å². The number of carbonyl (C=O) groups excluding carboxylic acids is 3. The molecule has 2 unspecified atom stereocenters. The number of aryl methyl sites for hydroxylation is 2. The Balaban J connectivity index is 1.83. The van der Waals surface area contributed by atoms with Gasteiger partial charge in [-0.05, 0) is 94.5 Å². The summed E-state index contributed by atoms with van der Waals surface area (Å²) >= 11 is 0. The van der Waals surface area contributed by atoms with Gasteiger partial charge in [-0.2, -0.15) is 0 Å². The highest BCUT2D eigenvalue weighted by atomic mass is 16.6. The summed E-state index contributed by atoms with van der Waals surface area (Å²) in [5, 5.41) is 8.03. The van der Waals surface area contributed by atoms with E-state index in [1.165, 1.54) is 0 Å². The highest BCUT2D eigenvalue weighted by molar-refractivity contribution is 6.01. The van der Waals surface area contributed by atoms with E-state index in [9.17, 15) is 14.4 Å². The average Bonchev–Trinajstić information content (AvgIpc) is 2.99. The van der Waals surface area contributed by atoms with Crippen LogP contribution in [0, 0.1) is 13.8 Å². The zero-order valence-corrected chi connectivity index (χ0v) is 28.3. The Morgan fingerprint density at radius 1 is 0.804 bits per heavy atom. The van der Waals surface area contributed by atoms with E-state index in [4.69, 9.17) is 4.74 Å². The number of benzene rings is 4. The third-order valence-corrected chi connectivity index (χ3v) is 8.27. The molecule has 4 aromatic rings. The number of hydrogen-bond acceptors (Lipinski definition) is 4. The average molecular weight is 622 g/mol. The molecule has 4 aromatic carbocycles. The van der Waals surface area contributed by atoms with Crippen LogP contribution in [0.2, 0.25) is 0 Å². The van der Waals surface area contributed by atoms with E-state index >= 15 is 0 Å². The van der Waals surface area contributed by atoms with Crippen LogP contribution in [0.25, 0.3) is 10.8 Å². The van der Waals surface area contributed by atoms with Gasteiger partial charge in [0.15, 0.2) is 0 Å². The summed E-state index contributed by atoms with van der Waals surface area (Å²) in [6.45, 7) is 15.2. The molecule has 0 aliphatic heterocycles. The summed E-state index contributed by atoms with van der Waals surface area (Å²) in [5.74, 6) is -0.715. The van der Waals surface area contributed by atoms with Gasteiger partial charge in [-0.3, -0.25) is 9.59 Å². The number of anilines is 1. The van der Waals surface area contributed by atoms with E-state index in [0.717, 1.165) is 33.0 Å². The first-order chi connectivity index (χ1) is 21.7. The molecule has 0 spiro atoms. The van der Waals surface area contributed by atoms with Crippen LogP contribution in [0.1, 0.15) is 76.3 Å². The number of carbonyl (C=O) groups is 3. The standard InChI is InChI=1S/C39H47N3O4/c1-9-39(7,8)42(36(44)33(24-28-15-11-10-12-16-28)41-37(45)46-38(4,5)6)34(32-22-19-26(2)23-27(32)3)35(43)40-31-21-20-29-17-13-14-18-30(29)25-31/h10-23,25,33-34H,9,24H2,1-8H3,(H,40,43)(H,41,45). The van der Waals surface area contributed by atoms with Crippen molar-refractivity contribution in [2.24, 2.45) is 0 Å². The van der Waals surface area contributed by atoms with E-state index in [0.29, 0.717) is 12.1 Å². The second-order valence-corrected chi connectivity index (χ2v) is 13.6. The molecular weight excluding hydrogens is 574 g/mol. The van der Waals surface area contributed by atoms with E-state index < -0.39 is 29.3 Å². The molecule has 0 bridgehead atoms. The Bertz CT molecular complexity index is 1690. The zero-order valence-electron chi connectivity index (χ0n) is 28.3. The first-order valence-electron chi connectivity index (χ1n) is 15.9. The molecule has 0 radical (unpaired) electrons. The molecule has 0 saturated carbocycles. The van der Waals surface area contributed by atoms with Crippen LogP contribution in [-0.2, 0) is 20.7 Å². The van der Waals surface area contributed by atoms with Gasteiger partial charge in [0, 0.05) is 17.6 Å². The lowest BCUT2D eigenvalue weighted by Crippen LogP contribution is -2.59. The van der Waals surface area contributed by atoms with Gasteiger partial charge < -0.3 is 20.3 Å². The van der Waals surface area contributed by atoms with Crippen molar-refractivity contribution in [1.82, 2.24) is 10.2 Å². The second kappa shape index (κ2) is 14.2. The molecule has 7 nitrogen and oxygen atoms in total. The Hall–Kier alpha value is -4.65. The number of amides is 3. The molecule has 0 heterocycles. The highest BCUT2D eigenvalue weighted by Crippen LogP contribution is 2.35. The highest BCUT2D eigenvalue weighted by Gasteiger charge is 2.43. The summed E-state index contributed by atoms with van der Waals surface area (Å²) in [5.41, 5.74) is 2.63. The summed E-state index contributed by atoms with van der Waals surface area (Å²) in [4.78, 5) is 44.3. The molecule has 4 rings (SSSR count). The van der Waals surface area contributed by atoms with Gasteiger partial charge in [-0.25, -0.2) is 4.79 Å². The first kappa shape index (κ1) is 34.2. The monoisotopic (exact) mass is 621 g/mol. The largest absolute Gasteiger partial charge is 0.444 e. The van der Waals surface area contributed by atoms with Crippen molar-refractivity contribution in [3.05, 3.63) is 113 Å². The van der Waals surface area contributed by atoms with Crippen LogP contribution in [0.3, 0.4) is 0 Å². The minimum Gasteiger partial charge on any atom is -0.444 e. The second-order valence-electron chi connectivity index (χ2n) is 13.6. The van der Waals surface area contributed by atoms with Gasteiger partial charge in [-0.15, -0.1) is 0 Å². The van der Waals surface area contributed by atoms with Crippen molar-refractivity contribution in [2.45, 2.75) is 91.5 Å². The predicted octanol–water partition coefficient (Wildman–Crippen LogP) is 8.29. The first-order valence-corrected chi connectivity index (χ1v) is 15.9. The van der Waals surface area contributed by atoms with E-state index in [1.807, 2.05) is 126 Å². The molecule has 2 N–H and O–H groups in total. The van der Waals surface area contributed by atoms with Crippen molar-refractivity contribution in [3.8, 4) is 0 Å². The lowest BCUT2D eigenvalue weighted by molar-refractivity contribution is -0.147. The maximum absolute atomic E-state index is 15.0. The third-order valence-electron chi connectivity index (χ3n) is 8.27. The van der Waals surface area contributed by atoms with Gasteiger partial charge in [0.2, 0.25) is 5.91 Å². The van der Waals surface area contributed by atoms with Crippen LogP contribution in [0.5, 0.6) is 0 Å². The van der Waals surface area contributed by atoms with Gasteiger partial charge in [0.05, 0.1) is 0 Å². The van der Waals surface area contributed by atoms with Gasteiger partial charge in [0.25, 0.3) is 5.91 Å². The van der Waals surface area contributed by atoms with Crippen LogP contribution >= 0.6 is 0 Å². The smallest absolute Gasteiger partial charge is 0.408 e. The Morgan fingerprint density at radius 3 is 2.09 bits per heavy atom. The topological polar surface area (TPSA) is 87.7 Å². The lowest BCUT2D eigenvalue weighted by Gasteiger charge is -2.45. The molecule has 46 heavy (non-hydrogen) atoms. The molecule has 0 aliphatic carbocycles. The molecule has 0 aliphatic rings. The SMILES string of the molecule is CCC(C)(C)N(C(=O)C(Cc1ccccc1)NC(=O)OC(C)(C)C)C(C(=O)Nc1ccc2ccccc2c1)c1ccc(C)cc1C. The molecule has 0 saturated heterocycles. The maximum atomic E-state index is 15.0. The number of rotatable bonds is 10. The minimum absolute atomic E-state index is 0.223. The summed E-state index contributed by atoms with van der Waals surface area (Å²) < 4.78 is 5.59. The van der Waals surface area contributed by atoms with Crippen molar-refractivity contribution in [2.75, 3.05) is 5.32 Å². The van der Waals surface area contributed by atoms with Crippen LogP contribution in [-0.4, -0.2) is 40.0 Å². The van der Waals surface area contributed by atoms with E-state index in [2.05, 4.69) is 10.6 Å². The Kier molecular flexibility index (Phi) is 10.6. The number of hydrogen-bond donors (Lipinski definition) is 2. The third kappa shape index (κ3) is 8.53. The van der Waals surface area contributed by atoms with Crippen LogP contribution < -0.4 is 10.6 Å². The van der Waals surface area contributed by atoms with E-state index in [-0.39, 0.29) is 18.2 Å². The number of nitrogens with one attached hydrogen (secondary N) is 2. The number of nitrogens with zero attached hydrogens (tertiary/aromatic N) is 1. The molecule has 0 aromatic heterocycles. The number of fused-ring (bicyclic) bond motifs is 1. The normalized spacial score (nSPS) is 13.0. The lowest BCUT2D eigenvalue weighted by atomic mass is 9.89. The Morgan fingerprint density at radius 2 is 1.46 bits per heavy atom. The van der Waals surface area contributed by atoms with Gasteiger partial charge in [-0.1, -0.05) is 91.3 Å². The fraction of sp³-hybridized carbons (Fsp3) is 0.359. The predicted molar refractivity (Wildman–Crippen MR) is 186 cm³/mol.